The summed E-state index contributed by atoms with van der Waals surface area (Å²) in [6, 6.07) is 0. The number of ether oxygens (including phenoxy) is 2. The van der Waals surface area contributed by atoms with Crippen LogP contribution >= 0.6 is 0 Å². The number of aliphatic imine (C=N–C) groups is 1. The van der Waals surface area contributed by atoms with Gasteiger partial charge in [-0.3, -0.25) is 0 Å². The molecule has 0 amide bonds. The van der Waals surface area contributed by atoms with Crippen molar-refractivity contribution in [1.29, 1.82) is 0 Å². The molecular formula is C19H36N6O2. The summed E-state index contributed by atoms with van der Waals surface area (Å²) < 4.78 is 13.3. The van der Waals surface area contributed by atoms with Gasteiger partial charge in [-0.15, -0.1) is 10.2 Å². The van der Waals surface area contributed by atoms with Gasteiger partial charge in [0.05, 0.1) is 19.8 Å². The largest absolute Gasteiger partial charge is 0.379 e. The minimum atomic E-state index is 0.536. The third-order valence-corrected chi connectivity index (χ3v) is 4.46. The van der Waals surface area contributed by atoms with Crippen LogP contribution in [-0.4, -0.2) is 60.2 Å². The molecule has 27 heavy (non-hydrogen) atoms. The zero-order chi connectivity index (χ0) is 19.2. The van der Waals surface area contributed by atoms with Crippen molar-refractivity contribution in [2.24, 2.45) is 4.99 Å². The second kappa shape index (κ2) is 13.5. The van der Waals surface area contributed by atoms with E-state index < -0.39 is 0 Å². The molecule has 2 heterocycles. The second-order valence-electron chi connectivity index (χ2n) is 6.69. The highest BCUT2D eigenvalue weighted by atomic mass is 16.5. The van der Waals surface area contributed by atoms with Gasteiger partial charge in [-0.25, -0.2) is 4.99 Å². The summed E-state index contributed by atoms with van der Waals surface area (Å²) in [6.45, 7) is 10.0. The van der Waals surface area contributed by atoms with Gasteiger partial charge in [-0.1, -0.05) is 19.8 Å². The van der Waals surface area contributed by atoms with Crippen molar-refractivity contribution in [3.8, 4) is 0 Å². The maximum absolute atomic E-state index is 5.58. The summed E-state index contributed by atoms with van der Waals surface area (Å²) >= 11 is 0. The Morgan fingerprint density at radius 3 is 2.70 bits per heavy atom. The Morgan fingerprint density at radius 1 is 1.04 bits per heavy atom. The summed E-state index contributed by atoms with van der Waals surface area (Å²) in [5.41, 5.74) is 0. The molecule has 0 fully saturated rings. The molecule has 0 bridgehead atoms. The minimum absolute atomic E-state index is 0.536. The first-order chi connectivity index (χ1) is 13.3. The first-order valence-corrected chi connectivity index (χ1v) is 10.4. The van der Waals surface area contributed by atoms with E-state index in [4.69, 9.17) is 9.47 Å². The van der Waals surface area contributed by atoms with Crippen LogP contribution in [0.2, 0.25) is 0 Å². The summed E-state index contributed by atoms with van der Waals surface area (Å²) in [5, 5.41) is 15.2. The highest BCUT2D eigenvalue weighted by molar-refractivity contribution is 5.79. The molecule has 0 saturated carbocycles. The molecule has 1 aromatic rings. The van der Waals surface area contributed by atoms with Crippen molar-refractivity contribution >= 4 is 5.96 Å². The molecule has 0 aliphatic carbocycles. The van der Waals surface area contributed by atoms with Crippen LogP contribution in [0.25, 0.3) is 0 Å². The number of hydrogen-bond donors (Lipinski definition) is 2. The molecule has 0 spiro atoms. The zero-order valence-electron chi connectivity index (χ0n) is 17.0. The lowest BCUT2D eigenvalue weighted by Crippen LogP contribution is -2.39. The number of nitrogens with one attached hydrogen (secondary N) is 2. The van der Waals surface area contributed by atoms with Gasteiger partial charge in [-0.05, 0) is 26.2 Å². The minimum Gasteiger partial charge on any atom is -0.379 e. The van der Waals surface area contributed by atoms with Crippen LogP contribution in [0, 0.1) is 0 Å². The Bertz CT molecular complexity index is 546. The molecule has 2 rings (SSSR count). The SMILES string of the molecule is CCCCOCCOCCNC(=NCc1nnc2n1CCCCC2)NCC. The van der Waals surface area contributed by atoms with E-state index in [-0.39, 0.29) is 0 Å². The van der Waals surface area contributed by atoms with Gasteiger partial charge in [0.1, 0.15) is 12.4 Å². The zero-order valence-corrected chi connectivity index (χ0v) is 17.0. The summed E-state index contributed by atoms with van der Waals surface area (Å²) in [6.07, 6.45) is 6.96. The molecule has 0 saturated heterocycles. The predicted octanol–water partition coefficient (Wildman–Crippen LogP) is 1.89. The molecule has 1 aliphatic rings. The Balaban J connectivity index is 1.69. The van der Waals surface area contributed by atoms with Crippen molar-refractivity contribution in [1.82, 2.24) is 25.4 Å². The van der Waals surface area contributed by atoms with Crippen LogP contribution < -0.4 is 10.6 Å². The van der Waals surface area contributed by atoms with Gasteiger partial charge in [0.2, 0.25) is 0 Å². The van der Waals surface area contributed by atoms with Crippen molar-refractivity contribution in [3.05, 3.63) is 11.6 Å². The number of guanidine groups is 1. The molecule has 0 atom stereocenters. The van der Waals surface area contributed by atoms with Gasteiger partial charge >= 0.3 is 0 Å². The number of rotatable bonds is 12. The summed E-state index contributed by atoms with van der Waals surface area (Å²) in [7, 11) is 0. The second-order valence-corrected chi connectivity index (χ2v) is 6.69. The summed E-state index contributed by atoms with van der Waals surface area (Å²) in [4.78, 5) is 4.65. The fourth-order valence-electron chi connectivity index (χ4n) is 2.96. The van der Waals surface area contributed by atoms with Crippen molar-refractivity contribution in [3.63, 3.8) is 0 Å². The highest BCUT2D eigenvalue weighted by Crippen LogP contribution is 2.14. The molecule has 1 aromatic heterocycles. The number of fused-ring (bicyclic) bond motifs is 1. The number of aromatic nitrogens is 3. The maximum atomic E-state index is 5.58. The quantitative estimate of drug-likeness (QED) is 0.327. The molecule has 0 aromatic carbocycles. The molecule has 154 valence electrons. The average molecular weight is 381 g/mol. The van der Waals surface area contributed by atoms with Crippen LogP contribution in [-0.2, 0) is 29.0 Å². The Kier molecular flexibility index (Phi) is 10.8. The van der Waals surface area contributed by atoms with E-state index in [1.807, 2.05) is 0 Å². The van der Waals surface area contributed by atoms with Gasteiger partial charge in [0.25, 0.3) is 0 Å². The first kappa shape index (κ1) is 21.6. The number of nitrogens with zero attached hydrogens (tertiary/aromatic N) is 4. The van der Waals surface area contributed by atoms with Gasteiger partial charge < -0.3 is 24.7 Å². The van der Waals surface area contributed by atoms with Gasteiger partial charge in [0.15, 0.2) is 11.8 Å². The molecule has 1 aliphatic heterocycles. The lowest BCUT2D eigenvalue weighted by atomic mass is 10.2. The number of unbranched alkanes of at least 4 members (excludes halogenated alkanes) is 1. The van der Waals surface area contributed by atoms with Crippen LogP contribution in [0.4, 0.5) is 0 Å². The normalized spacial score (nSPS) is 14.7. The molecular weight excluding hydrogens is 344 g/mol. The van der Waals surface area contributed by atoms with Crippen molar-refractivity contribution in [2.75, 3.05) is 39.5 Å². The van der Waals surface area contributed by atoms with Crippen LogP contribution in [0.3, 0.4) is 0 Å². The van der Waals surface area contributed by atoms with Gasteiger partial charge in [0, 0.05) is 32.7 Å². The van der Waals surface area contributed by atoms with Gasteiger partial charge in [-0.2, -0.15) is 0 Å². The maximum Gasteiger partial charge on any atom is 0.191 e. The van der Waals surface area contributed by atoms with E-state index in [0.29, 0.717) is 32.9 Å². The predicted molar refractivity (Wildman–Crippen MR) is 107 cm³/mol. The lowest BCUT2D eigenvalue weighted by molar-refractivity contribution is 0.0487. The molecule has 0 unspecified atom stereocenters. The fraction of sp³-hybridized carbons (Fsp3) is 0.842. The lowest BCUT2D eigenvalue weighted by Gasteiger charge is -2.12. The van der Waals surface area contributed by atoms with E-state index in [1.165, 1.54) is 19.3 Å². The standard InChI is InChI=1S/C19H36N6O2/c1-3-5-12-26-14-15-27-13-10-21-19(20-4-2)22-16-18-24-23-17-9-7-6-8-11-25(17)18/h3-16H2,1-2H3,(H2,20,21,22). The van der Waals surface area contributed by atoms with E-state index in [1.54, 1.807) is 0 Å². The van der Waals surface area contributed by atoms with Crippen molar-refractivity contribution in [2.45, 2.75) is 65.5 Å². The highest BCUT2D eigenvalue weighted by Gasteiger charge is 2.14. The Labute approximate surface area is 163 Å². The third kappa shape index (κ3) is 8.26. The first-order valence-electron chi connectivity index (χ1n) is 10.4. The molecule has 8 heteroatoms. The number of hydrogen-bond acceptors (Lipinski definition) is 5. The Hall–Kier alpha value is -1.67. The summed E-state index contributed by atoms with van der Waals surface area (Å²) in [5.74, 6) is 2.83. The van der Waals surface area contributed by atoms with Crippen LogP contribution in [0.15, 0.2) is 4.99 Å². The third-order valence-electron chi connectivity index (χ3n) is 4.46. The van der Waals surface area contributed by atoms with E-state index in [0.717, 1.165) is 56.6 Å². The fourth-order valence-corrected chi connectivity index (χ4v) is 2.96. The monoisotopic (exact) mass is 380 g/mol. The molecule has 0 radical (unpaired) electrons. The average Bonchev–Trinajstić information content (AvgIpc) is 2.91. The van der Waals surface area contributed by atoms with Crippen LogP contribution in [0.1, 0.15) is 57.6 Å². The molecule has 2 N–H and O–H groups in total. The van der Waals surface area contributed by atoms with Crippen LogP contribution in [0.5, 0.6) is 0 Å². The Morgan fingerprint density at radius 2 is 1.89 bits per heavy atom. The number of aryl methyl sites for hydroxylation is 1. The smallest absolute Gasteiger partial charge is 0.191 e. The van der Waals surface area contributed by atoms with Crippen molar-refractivity contribution < 1.29 is 9.47 Å². The van der Waals surface area contributed by atoms with E-state index >= 15 is 0 Å². The topological polar surface area (TPSA) is 85.6 Å². The van der Waals surface area contributed by atoms with E-state index in [2.05, 4.69) is 44.2 Å². The van der Waals surface area contributed by atoms with E-state index in [9.17, 15) is 0 Å². The molecule has 8 nitrogen and oxygen atoms in total.